The van der Waals surface area contributed by atoms with Crippen molar-refractivity contribution in [1.29, 1.82) is 0 Å². The molecule has 0 aliphatic rings. The average molecular weight is 449 g/mol. The third-order valence-corrected chi connectivity index (χ3v) is 5.80. The summed E-state index contributed by atoms with van der Waals surface area (Å²) in [5, 5.41) is 0.695. The number of hydrogen-bond donors (Lipinski definition) is 0. The van der Waals surface area contributed by atoms with Gasteiger partial charge in [0.1, 0.15) is 11.5 Å². The second-order valence-corrected chi connectivity index (χ2v) is 8.31. The normalized spacial score (nSPS) is 12.1. The molecule has 4 nitrogen and oxygen atoms in total. The molecule has 0 spiro atoms. The van der Waals surface area contributed by atoms with Crippen molar-refractivity contribution in [3.8, 4) is 11.5 Å². The largest absolute Gasteiger partial charge is 0.494 e. The maximum atomic E-state index is 6.16. The summed E-state index contributed by atoms with van der Waals surface area (Å²) in [5.74, 6) is 2.64. The van der Waals surface area contributed by atoms with Crippen LogP contribution in [0.25, 0.3) is 11.0 Å². The van der Waals surface area contributed by atoms with Crippen LogP contribution >= 0.6 is 11.6 Å². The molecule has 3 aromatic carbocycles. The van der Waals surface area contributed by atoms with E-state index in [-0.39, 0.29) is 6.10 Å². The van der Waals surface area contributed by atoms with E-state index in [2.05, 4.69) is 47.9 Å². The summed E-state index contributed by atoms with van der Waals surface area (Å²) in [4.78, 5) is 4.87. The Hall–Kier alpha value is -2.98. The molecule has 1 heterocycles. The Morgan fingerprint density at radius 3 is 2.38 bits per heavy atom. The third kappa shape index (κ3) is 5.43. The number of aromatic nitrogens is 2. The summed E-state index contributed by atoms with van der Waals surface area (Å²) in [6, 6.07) is 24.0. The summed E-state index contributed by atoms with van der Waals surface area (Å²) >= 11 is 6.00. The Morgan fingerprint density at radius 1 is 0.906 bits per heavy atom. The first kappa shape index (κ1) is 22.2. The van der Waals surface area contributed by atoms with Crippen LogP contribution in [0.2, 0.25) is 5.02 Å². The number of hydrogen-bond acceptors (Lipinski definition) is 3. The third-order valence-electron chi connectivity index (χ3n) is 5.55. The van der Waals surface area contributed by atoms with Crippen LogP contribution in [0.4, 0.5) is 0 Å². The minimum Gasteiger partial charge on any atom is -0.494 e. The first-order valence-electron chi connectivity index (χ1n) is 11.2. The SMILES string of the molecule is CCc1ccc(OCCCCn2c(C(C)Oc3ccc(Cl)cc3)nc3ccccc32)cc1. The van der Waals surface area contributed by atoms with Crippen LogP contribution in [0.5, 0.6) is 11.5 Å². The molecule has 166 valence electrons. The summed E-state index contributed by atoms with van der Waals surface area (Å²) in [6.07, 6.45) is 2.82. The number of halogens is 1. The van der Waals surface area contributed by atoms with Gasteiger partial charge in [-0.3, -0.25) is 0 Å². The summed E-state index contributed by atoms with van der Waals surface area (Å²) < 4.78 is 14.4. The highest BCUT2D eigenvalue weighted by Crippen LogP contribution is 2.26. The lowest BCUT2D eigenvalue weighted by Gasteiger charge is -2.17. The van der Waals surface area contributed by atoms with E-state index in [4.69, 9.17) is 26.1 Å². The standard InChI is InChI=1S/C27H29ClN2O2/c1-3-21-10-14-23(15-11-21)31-19-7-6-18-30-26-9-5-4-8-25(26)29-27(30)20(2)32-24-16-12-22(28)13-17-24/h4-5,8-17,20H,3,6-7,18-19H2,1-2H3. The lowest BCUT2D eigenvalue weighted by molar-refractivity contribution is 0.211. The Kier molecular flexibility index (Phi) is 7.33. The molecule has 32 heavy (non-hydrogen) atoms. The fourth-order valence-electron chi connectivity index (χ4n) is 3.79. The molecule has 0 amide bonds. The van der Waals surface area contributed by atoms with Crippen LogP contribution in [0.3, 0.4) is 0 Å². The molecule has 4 rings (SSSR count). The zero-order valence-electron chi connectivity index (χ0n) is 18.6. The molecule has 4 aromatic rings. The van der Waals surface area contributed by atoms with E-state index in [0.717, 1.165) is 54.2 Å². The number of ether oxygens (including phenoxy) is 2. The van der Waals surface area contributed by atoms with E-state index in [1.54, 1.807) is 0 Å². The molecule has 5 heteroatoms. The summed E-state index contributed by atoms with van der Waals surface area (Å²) in [7, 11) is 0. The summed E-state index contributed by atoms with van der Waals surface area (Å²) in [5.41, 5.74) is 3.44. The van der Waals surface area contributed by atoms with Crippen molar-refractivity contribution >= 4 is 22.6 Å². The lowest BCUT2D eigenvalue weighted by atomic mass is 10.2. The smallest absolute Gasteiger partial charge is 0.153 e. The minimum absolute atomic E-state index is 0.183. The molecule has 0 bridgehead atoms. The van der Waals surface area contributed by atoms with Gasteiger partial charge < -0.3 is 14.0 Å². The summed E-state index contributed by atoms with van der Waals surface area (Å²) in [6.45, 7) is 5.76. The topological polar surface area (TPSA) is 36.3 Å². The van der Waals surface area contributed by atoms with Crippen LogP contribution in [-0.4, -0.2) is 16.2 Å². The highest BCUT2D eigenvalue weighted by Gasteiger charge is 2.18. The zero-order chi connectivity index (χ0) is 22.3. The van der Waals surface area contributed by atoms with Gasteiger partial charge in [-0.25, -0.2) is 4.98 Å². The van der Waals surface area contributed by atoms with Gasteiger partial charge in [-0.05, 0) is 80.3 Å². The maximum Gasteiger partial charge on any atom is 0.153 e. The number of rotatable bonds is 10. The highest BCUT2D eigenvalue weighted by molar-refractivity contribution is 6.30. The van der Waals surface area contributed by atoms with Crippen LogP contribution in [0.15, 0.2) is 72.8 Å². The van der Waals surface area contributed by atoms with E-state index in [1.807, 2.05) is 43.3 Å². The highest BCUT2D eigenvalue weighted by atomic mass is 35.5. The number of benzene rings is 3. The molecule has 0 aliphatic carbocycles. The Labute approximate surface area is 194 Å². The van der Waals surface area contributed by atoms with Crippen molar-refractivity contribution in [2.24, 2.45) is 0 Å². The molecule has 1 unspecified atom stereocenters. The van der Waals surface area contributed by atoms with Crippen molar-refractivity contribution in [2.45, 2.75) is 45.8 Å². The minimum atomic E-state index is -0.183. The van der Waals surface area contributed by atoms with E-state index in [9.17, 15) is 0 Å². The molecule has 0 saturated carbocycles. The second-order valence-electron chi connectivity index (χ2n) is 7.88. The van der Waals surface area contributed by atoms with E-state index >= 15 is 0 Å². The molecular formula is C27H29ClN2O2. The molecule has 1 atom stereocenters. The van der Waals surface area contributed by atoms with Gasteiger partial charge in [-0.15, -0.1) is 0 Å². The van der Waals surface area contributed by atoms with Crippen molar-refractivity contribution in [2.75, 3.05) is 6.61 Å². The fourth-order valence-corrected chi connectivity index (χ4v) is 3.92. The van der Waals surface area contributed by atoms with Gasteiger partial charge in [-0.1, -0.05) is 42.8 Å². The van der Waals surface area contributed by atoms with Gasteiger partial charge in [0, 0.05) is 11.6 Å². The maximum absolute atomic E-state index is 6.16. The number of imidazole rings is 1. The molecule has 1 aromatic heterocycles. The molecule has 0 N–H and O–H groups in total. The first-order chi connectivity index (χ1) is 15.6. The van der Waals surface area contributed by atoms with Crippen molar-refractivity contribution < 1.29 is 9.47 Å². The monoisotopic (exact) mass is 448 g/mol. The molecule has 0 fully saturated rings. The van der Waals surface area contributed by atoms with Gasteiger partial charge in [0.2, 0.25) is 0 Å². The zero-order valence-corrected chi connectivity index (χ0v) is 19.4. The van der Waals surface area contributed by atoms with Crippen LogP contribution < -0.4 is 9.47 Å². The number of para-hydroxylation sites is 2. The van der Waals surface area contributed by atoms with E-state index in [0.29, 0.717) is 11.6 Å². The quantitative estimate of drug-likeness (QED) is 0.240. The van der Waals surface area contributed by atoms with Crippen molar-refractivity contribution in [1.82, 2.24) is 9.55 Å². The van der Waals surface area contributed by atoms with Gasteiger partial charge in [-0.2, -0.15) is 0 Å². The number of aryl methyl sites for hydroxylation is 2. The lowest BCUT2D eigenvalue weighted by Crippen LogP contribution is -2.12. The molecular weight excluding hydrogens is 420 g/mol. The van der Waals surface area contributed by atoms with Crippen LogP contribution in [0.1, 0.15) is 44.2 Å². The van der Waals surface area contributed by atoms with Crippen LogP contribution in [-0.2, 0) is 13.0 Å². The van der Waals surface area contributed by atoms with Crippen molar-refractivity contribution in [3.05, 3.63) is 89.2 Å². The van der Waals surface area contributed by atoms with Gasteiger partial charge in [0.15, 0.2) is 11.9 Å². The number of unbranched alkanes of at least 4 members (excludes halogenated alkanes) is 1. The fraction of sp³-hybridized carbons (Fsp3) is 0.296. The van der Waals surface area contributed by atoms with Gasteiger partial charge >= 0.3 is 0 Å². The molecule has 0 radical (unpaired) electrons. The molecule has 0 aliphatic heterocycles. The second kappa shape index (κ2) is 10.6. The number of fused-ring (bicyclic) bond motifs is 1. The van der Waals surface area contributed by atoms with Gasteiger partial charge in [0.05, 0.1) is 17.6 Å². The number of nitrogens with zero attached hydrogens (tertiary/aromatic N) is 2. The van der Waals surface area contributed by atoms with E-state index in [1.165, 1.54) is 5.56 Å². The first-order valence-corrected chi connectivity index (χ1v) is 11.6. The predicted molar refractivity (Wildman–Crippen MR) is 131 cm³/mol. The average Bonchev–Trinajstić information content (AvgIpc) is 3.19. The van der Waals surface area contributed by atoms with Gasteiger partial charge in [0.25, 0.3) is 0 Å². The van der Waals surface area contributed by atoms with E-state index < -0.39 is 0 Å². The Bertz CT molecular complexity index is 1140. The Morgan fingerprint density at radius 2 is 1.62 bits per heavy atom. The molecule has 0 saturated heterocycles. The predicted octanol–water partition coefficient (Wildman–Crippen LogP) is 7.25. The van der Waals surface area contributed by atoms with Crippen molar-refractivity contribution in [3.63, 3.8) is 0 Å². The Balaban J connectivity index is 1.40. The van der Waals surface area contributed by atoms with Crippen LogP contribution in [0, 0.1) is 0 Å².